The average Bonchev–Trinajstić information content (AvgIpc) is 2.46. The number of pyridine rings is 1. The molecule has 0 saturated carbocycles. The molecule has 21 heavy (non-hydrogen) atoms. The highest BCUT2D eigenvalue weighted by Gasteiger charge is 2.33. The number of alkyl halides is 3. The molecule has 1 aromatic heterocycles. The SMILES string of the molecule is N#Cc1ccc(Nc2cccc(NN)n2)cc1C(F)(F)F. The third kappa shape index (κ3) is 3.40. The number of hydrazine groups is 1. The summed E-state index contributed by atoms with van der Waals surface area (Å²) in [7, 11) is 0. The Balaban J connectivity index is 2.35. The Kier molecular flexibility index (Phi) is 3.95. The molecular formula is C13H10F3N5. The van der Waals surface area contributed by atoms with Gasteiger partial charge in [0.2, 0.25) is 0 Å². The topological polar surface area (TPSA) is 86.8 Å². The Morgan fingerprint density at radius 2 is 1.86 bits per heavy atom. The minimum atomic E-state index is -4.60. The maximum atomic E-state index is 12.9. The molecule has 0 aliphatic carbocycles. The molecule has 4 N–H and O–H groups in total. The average molecular weight is 293 g/mol. The van der Waals surface area contributed by atoms with Gasteiger partial charge in [0.1, 0.15) is 11.6 Å². The van der Waals surface area contributed by atoms with Crippen LogP contribution in [0.2, 0.25) is 0 Å². The molecule has 0 bridgehead atoms. The van der Waals surface area contributed by atoms with E-state index in [1.165, 1.54) is 12.1 Å². The van der Waals surface area contributed by atoms with Crippen molar-refractivity contribution in [3.8, 4) is 6.07 Å². The second-order valence-electron chi connectivity index (χ2n) is 4.05. The summed E-state index contributed by atoms with van der Waals surface area (Å²) in [6.45, 7) is 0. The number of anilines is 3. The number of aromatic nitrogens is 1. The molecule has 0 amide bonds. The van der Waals surface area contributed by atoms with Crippen LogP contribution < -0.4 is 16.6 Å². The third-order valence-corrected chi connectivity index (χ3v) is 2.61. The second-order valence-corrected chi connectivity index (χ2v) is 4.05. The van der Waals surface area contributed by atoms with Crippen LogP contribution in [0.5, 0.6) is 0 Å². The first-order chi connectivity index (χ1) is 9.94. The summed E-state index contributed by atoms with van der Waals surface area (Å²) in [6, 6.07) is 9.68. The Labute approximate surface area is 118 Å². The molecule has 2 rings (SSSR count). The molecule has 0 spiro atoms. The van der Waals surface area contributed by atoms with Crippen molar-refractivity contribution < 1.29 is 13.2 Å². The van der Waals surface area contributed by atoms with Gasteiger partial charge in [-0.15, -0.1) is 0 Å². The summed E-state index contributed by atoms with van der Waals surface area (Å²) in [6.07, 6.45) is -4.60. The van der Waals surface area contributed by atoms with Crippen LogP contribution in [0.3, 0.4) is 0 Å². The molecule has 0 radical (unpaired) electrons. The molecule has 0 atom stereocenters. The van der Waals surface area contributed by atoms with Gasteiger partial charge in [-0.05, 0) is 30.3 Å². The lowest BCUT2D eigenvalue weighted by atomic mass is 10.1. The molecule has 8 heteroatoms. The van der Waals surface area contributed by atoms with Crippen LogP contribution in [0.4, 0.5) is 30.5 Å². The Morgan fingerprint density at radius 1 is 1.14 bits per heavy atom. The highest BCUT2D eigenvalue weighted by atomic mass is 19.4. The van der Waals surface area contributed by atoms with Gasteiger partial charge in [0.25, 0.3) is 0 Å². The fourth-order valence-corrected chi connectivity index (χ4v) is 1.69. The van der Waals surface area contributed by atoms with Gasteiger partial charge in [-0.3, -0.25) is 0 Å². The van der Waals surface area contributed by atoms with E-state index in [2.05, 4.69) is 15.7 Å². The van der Waals surface area contributed by atoms with Crippen LogP contribution >= 0.6 is 0 Å². The number of nitrogen functional groups attached to an aromatic ring is 1. The van der Waals surface area contributed by atoms with E-state index in [9.17, 15) is 13.2 Å². The minimum Gasteiger partial charge on any atom is -0.340 e. The largest absolute Gasteiger partial charge is 0.417 e. The van der Waals surface area contributed by atoms with Crippen LogP contribution in [0.1, 0.15) is 11.1 Å². The second kappa shape index (κ2) is 5.68. The van der Waals surface area contributed by atoms with Crippen molar-refractivity contribution in [3.63, 3.8) is 0 Å². The first-order valence-corrected chi connectivity index (χ1v) is 5.76. The monoisotopic (exact) mass is 293 g/mol. The van der Waals surface area contributed by atoms with Crippen molar-refractivity contribution in [1.29, 1.82) is 5.26 Å². The number of nitriles is 1. The van der Waals surface area contributed by atoms with Gasteiger partial charge < -0.3 is 10.7 Å². The minimum absolute atomic E-state index is 0.169. The normalized spacial score (nSPS) is 10.8. The first kappa shape index (κ1) is 14.6. The zero-order chi connectivity index (χ0) is 15.5. The number of nitrogens with one attached hydrogen (secondary N) is 2. The van der Waals surface area contributed by atoms with Crippen molar-refractivity contribution in [3.05, 3.63) is 47.5 Å². The summed E-state index contributed by atoms with van der Waals surface area (Å²) in [4.78, 5) is 4.03. The number of hydrogen-bond acceptors (Lipinski definition) is 5. The summed E-state index contributed by atoms with van der Waals surface area (Å²) in [5, 5.41) is 11.5. The van der Waals surface area contributed by atoms with E-state index in [0.29, 0.717) is 11.6 Å². The molecule has 1 aromatic carbocycles. The zero-order valence-electron chi connectivity index (χ0n) is 10.6. The predicted octanol–water partition coefficient (Wildman–Crippen LogP) is 3.00. The zero-order valence-corrected chi connectivity index (χ0v) is 10.6. The fourth-order valence-electron chi connectivity index (χ4n) is 1.69. The fraction of sp³-hybridized carbons (Fsp3) is 0.0769. The highest BCUT2D eigenvalue weighted by Crippen LogP contribution is 2.34. The molecule has 0 aliphatic rings. The maximum absolute atomic E-state index is 12.9. The lowest BCUT2D eigenvalue weighted by Crippen LogP contribution is -2.10. The quantitative estimate of drug-likeness (QED) is 0.598. The van der Waals surface area contributed by atoms with E-state index in [0.717, 1.165) is 12.1 Å². The van der Waals surface area contributed by atoms with Crippen molar-refractivity contribution in [2.45, 2.75) is 6.18 Å². The van der Waals surface area contributed by atoms with Crippen LogP contribution in [-0.2, 0) is 6.18 Å². The van der Waals surface area contributed by atoms with Crippen LogP contribution in [-0.4, -0.2) is 4.98 Å². The summed E-state index contributed by atoms with van der Waals surface area (Å²) in [5.74, 6) is 5.89. The molecule has 1 heterocycles. The molecule has 0 saturated heterocycles. The van der Waals surface area contributed by atoms with Gasteiger partial charge in [0.15, 0.2) is 0 Å². The van der Waals surface area contributed by atoms with Crippen molar-refractivity contribution in [2.75, 3.05) is 10.7 Å². The van der Waals surface area contributed by atoms with E-state index in [-0.39, 0.29) is 5.69 Å². The Bertz CT molecular complexity index is 691. The number of nitrogens with two attached hydrogens (primary N) is 1. The molecule has 2 aromatic rings. The number of benzene rings is 1. The van der Waals surface area contributed by atoms with Crippen LogP contribution in [0, 0.1) is 11.3 Å². The van der Waals surface area contributed by atoms with Crippen molar-refractivity contribution in [2.24, 2.45) is 5.84 Å². The molecule has 5 nitrogen and oxygen atoms in total. The molecular weight excluding hydrogens is 283 g/mol. The Hall–Kier alpha value is -2.79. The van der Waals surface area contributed by atoms with Gasteiger partial charge in [-0.2, -0.15) is 18.4 Å². The standard InChI is InChI=1S/C13H10F3N5/c14-13(15,16)10-6-9(5-4-8(10)7-17)19-11-2-1-3-12(20-11)21-18/h1-6H,18H2,(H2,19,20,21). The van der Waals surface area contributed by atoms with E-state index in [4.69, 9.17) is 11.1 Å². The number of halogens is 3. The van der Waals surface area contributed by atoms with Crippen molar-refractivity contribution >= 4 is 17.3 Å². The van der Waals surface area contributed by atoms with Gasteiger partial charge >= 0.3 is 6.18 Å². The van der Waals surface area contributed by atoms with Gasteiger partial charge in [0.05, 0.1) is 17.2 Å². The number of hydrogen-bond donors (Lipinski definition) is 3. The lowest BCUT2D eigenvalue weighted by Gasteiger charge is -2.12. The van der Waals surface area contributed by atoms with E-state index < -0.39 is 17.3 Å². The highest BCUT2D eigenvalue weighted by molar-refractivity contribution is 5.61. The van der Waals surface area contributed by atoms with E-state index >= 15 is 0 Å². The molecule has 0 unspecified atom stereocenters. The lowest BCUT2D eigenvalue weighted by molar-refractivity contribution is -0.137. The van der Waals surface area contributed by atoms with Crippen LogP contribution in [0.15, 0.2) is 36.4 Å². The van der Waals surface area contributed by atoms with Gasteiger partial charge in [-0.1, -0.05) is 6.07 Å². The summed E-state index contributed by atoms with van der Waals surface area (Å²) >= 11 is 0. The predicted molar refractivity (Wildman–Crippen MR) is 71.5 cm³/mol. The van der Waals surface area contributed by atoms with Gasteiger partial charge in [0, 0.05) is 5.69 Å². The number of nitrogens with zero attached hydrogens (tertiary/aromatic N) is 2. The van der Waals surface area contributed by atoms with Crippen molar-refractivity contribution in [1.82, 2.24) is 4.98 Å². The van der Waals surface area contributed by atoms with Gasteiger partial charge in [-0.25, -0.2) is 10.8 Å². The molecule has 0 fully saturated rings. The molecule has 0 aliphatic heterocycles. The van der Waals surface area contributed by atoms with Crippen LogP contribution in [0.25, 0.3) is 0 Å². The smallest absolute Gasteiger partial charge is 0.340 e. The first-order valence-electron chi connectivity index (χ1n) is 5.76. The summed E-state index contributed by atoms with van der Waals surface area (Å²) < 4.78 is 38.6. The summed E-state index contributed by atoms with van der Waals surface area (Å²) in [5.41, 5.74) is 1.07. The maximum Gasteiger partial charge on any atom is 0.417 e. The third-order valence-electron chi connectivity index (χ3n) is 2.61. The Morgan fingerprint density at radius 3 is 2.48 bits per heavy atom. The molecule has 108 valence electrons. The van der Waals surface area contributed by atoms with E-state index in [1.807, 2.05) is 0 Å². The van der Waals surface area contributed by atoms with E-state index in [1.54, 1.807) is 18.2 Å². The number of rotatable bonds is 3.